The molecule has 0 radical (unpaired) electrons. The molecule has 1 aliphatic rings. The number of nitrogens with zero attached hydrogens (tertiary/aromatic N) is 4. The lowest BCUT2D eigenvalue weighted by atomic mass is 10.2. The van der Waals surface area contributed by atoms with Gasteiger partial charge in [0.25, 0.3) is 11.8 Å². The van der Waals surface area contributed by atoms with Crippen molar-refractivity contribution in [3.63, 3.8) is 0 Å². The zero-order chi connectivity index (χ0) is 16.9. The van der Waals surface area contributed by atoms with E-state index in [1.165, 1.54) is 0 Å². The van der Waals surface area contributed by atoms with Crippen molar-refractivity contribution in [1.82, 2.24) is 25.2 Å². The summed E-state index contributed by atoms with van der Waals surface area (Å²) in [6, 6.07) is 1.64. The maximum atomic E-state index is 12.3. The molecule has 0 aromatic carbocycles. The number of carbonyl (C=O) groups is 1. The highest BCUT2D eigenvalue weighted by atomic mass is 16.5. The van der Waals surface area contributed by atoms with Crippen LogP contribution >= 0.6 is 0 Å². The molecular formula is C15H21N5O4. The van der Waals surface area contributed by atoms with Gasteiger partial charge in [-0.3, -0.25) is 9.89 Å². The monoisotopic (exact) mass is 335 g/mol. The first-order chi connectivity index (χ1) is 11.7. The molecule has 2 aromatic rings. The second kappa shape index (κ2) is 7.43. The minimum absolute atomic E-state index is 0.0895. The van der Waals surface area contributed by atoms with E-state index in [-0.39, 0.29) is 18.6 Å². The molecule has 1 saturated heterocycles. The predicted octanol–water partition coefficient (Wildman–Crippen LogP) is 1.03. The van der Waals surface area contributed by atoms with Crippen LogP contribution in [-0.2, 0) is 16.0 Å². The molecule has 1 aliphatic heterocycles. The van der Waals surface area contributed by atoms with Gasteiger partial charge in [0.15, 0.2) is 12.4 Å². The maximum absolute atomic E-state index is 12.3. The lowest BCUT2D eigenvalue weighted by Gasteiger charge is -2.31. The average Bonchev–Trinajstić information content (AvgIpc) is 3.22. The van der Waals surface area contributed by atoms with Crippen LogP contribution in [-0.4, -0.2) is 57.4 Å². The Morgan fingerprint density at radius 3 is 3.17 bits per heavy atom. The normalized spacial score (nSPS) is 17.9. The molecule has 9 heteroatoms. The fourth-order valence-corrected chi connectivity index (χ4v) is 2.47. The van der Waals surface area contributed by atoms with E-state index in [1.54, 1.807) is 17.9 Å². The fourth-order valence-electron chi connectivity index (χ4n) is 2.47. The molecule has 3 heterocycles. The number of nitrogens with one attached hydrogen (secondary N) is 1. The molecule has 1 atom stereocenters. The molecule has 0 spiro atoms. The number of rotatable bonds is 6. The predicted molar refractivity (Wildman–Crippen MR) is 82.4 cm³/mol. The van der Waals surface area contributed by atoms with Crippen molar-refractivity contribution in [1.29, 1.82) is 0 Å². The Balaban J connectivity index is 1.54. The smallest absolute Gasteiger partial charge is 0.260 e. The van der Waals surface area contributed by atoms with Crippen LogP contribution in [0.25, 0.3) is 0 Å². The zero-order valence-corrected chi connectivity index (χ0v) is 13.8. The van der Waals surface area contributed by atoms with Gasteiger partial charge in [0.2, 0.25) is 0 Å². The first-order valence-corrected chi connectivity index (χ1v) is 8.02. The minimum atomic E-state index is -0.321. The van der Waals surface area contributed by atoms with E-state index in [9.17, 15) is 4.79 Å². The van der Waals surface area contributed by atoms with Crippen molar-refractivity contribution in [2.24, 2.45) is 0 Å². The topological polar surface area (TPSA) is 106 Å². The Labute approximate surface area is 139 Å². The SMILES string of the molecule is CCCc1nc(C2CN(C(=O)COc3cc(C)on3)CCO2)n[nH]1. The Morgan fingerprint density at radius 2 is 2.42 bits per heavy atom. The molecule has 1 unspecified atom stereocenters. The Bertz CT molecular complexity index is 683. The molecule has 9 nitrogen and oxygen atoms in total. The van der Waals surface area contributed by atoms with Crippen molar-refractivity contribution >= 4 is 5.91 Å². The van der Waals surface area contributed by atoms with Gasteiger partial charge in [-0.15, -0.1) is 0 Å². The second-order valence-corrected chi connectivity index (χ2v) is 5.65. The van der Waals surface area contributed by atoms with Crippen LogP contribution < -0.4 is 4.74 Å². The van der Waals surface area contributed by atoms with Gasteiger partial charge in [0.05, 0.1) is 13.2 Å². The summed E-state index contributed by atoms with van der Waals surface area (Å²) < 4.78 is 15.9. The average molecular weight is 335 g/mol. The first-order valence-electron chi connectivity index (χ1n) is 8.02. The van der Waals surface area contributed by atoms with Gasteiger partial charge >= 0.3 is 0 Å². The number of aryl methyl sites for hydroxylation is 2. The van der Waals surface area contributed by atoms with Gasteiger partial charge in [0, 0.05) is 19.0 Å². The number of aromatic amines is 1. The third-order valence-electron chi connectivity index (χ3n) is 3.69. The fraction of sp³-hybridized carbons (Fsp3) is 0.600. The summed E-state index contributed by atoms with van der Waals surface area (Å²) in [5, 5.41) is 10.8. The molecule has 2 aromatic heterocycles. The standard InChI is InChI=1S/C15H21N5O4/c1-3-4-12-16-15(18-17-12)11-8-20(5-6-22-11)14(21)9-23-13-7-10(2)24-19-13/h7,11H,3-6,8-9H2,1-2H3,(H,16,17,18). The molecule has 130 valence electrons. The van der Waals surface area contributed by atoms with Crippen LogP contribution in [0.3, 0.4) is 0 Å². The van der Waals surface area contributed by atoms with E-state index in [2.05, 4.69) is 27.3 Å². The highest BCUT2D eigenvalue weighted by Gasteiger charge is 2.28. The van der Waals surface area contributed by atoms with Gasteiger partial charge in [-0.2, -0.15) is 5.10 Å². The summed E-state index contributed by atoms with van der Waals surface area (Å²) in [4.78, 5) is 18.4. The number of H-pyrrole nitrogens is 1. The van der Waals surface area contributed by atoms with E-state index in [0.29, 0.717) is 37.2 Å². The number of morpholine rings is 1. The highest BCUT2D eigenvalue weighted by molar-refractivity contribution is 5.77. The summed E-state index contributed by atoms with van der Waals surface area (Å²) in [5.41, 5.74) is 0. The second-order valence-electron chi connectivity index (χ2n) is 5.65. The number of amides is 1. The van der Waals surface area contributed by atoms with Gasteiger partial charge in [-0.1, -0.05) is 6.92 Å². The number of hydrogen-bond acceptors (Lipinski definition) is 7. The van der Waals surface area contributed by atoms with Crippen LogP contribution in [0.2, 0.25) is 0 Å². The van der Waals surface area contributed by atoms with Gasteiger partial charge in [-0.05, 0) is 18.5 Å². The van der Waals surface area contributed by atoms with Gasteiger partial charge in [-0.25, -0.2) is 4.98 Å². The first kappa shape index (κ1) is 16.4. The van der Waals surface area contributed by atoms with Crippen LogP contribution in [0.5, 0.6) is 5.88 Å². The molecule has 1 N–H and O–H groups in total. The van der Waals surface area contributed by atoms with Crippen molar-refractivity contribution in [3.8, 4) is 5.88 Å². The van der Waals surface area contributed by atoms with E-state index >= 15 is 0 Å². The third kappa shape index (κ3) is 3.91. The Kier molecular flexibility index (Phi) is 5.09. The Hall–Kier alpha value is -2.42. The molecule has 0 saturated carbocycles. The van der Waals surface area contributed by atoms with Crippen molar-refractivity contribution < 1.29 is 18.8 Å². The maximum Gasteiger partial charge on any atom is 0.260 e. The summed E-state index contributed by atoms with van der Waals surface area (Å²) in [7, 11) is 0. The zero-order valence-electron chi connectivity index (χ0n) is 13.8. The molecule has 24 heavy (non-hydrogen) atoms. The Morgan fingerprint density at radius 1 is 1.54 bits per heavy atom. The molecule has 1 amide bonds. The highest BCUT2D eigenvalue weighted by Crippen LogP contribution is 2.19. The van der Waals surface area contributed by atoms with Crippen LogP contribution in [0.4, 0.5) is 0 Å². The van der Waals surface area contributed by atoms with Crippen molar-refractivity contribution in [2.75, 3.05) is 26.3 Å². The number of hydrogen-bond donors (Lipinski definition) is 1. The molecule has 0 aliphatic carbocycles. The van der Waals surface area contributed by atoms with Crippen LogP contribution in [0.1, 0.15) is 36.9 Å². The molecule has 0 bridgehead atoms. The van der Waals surface area contributed by atoms with Gasteiger partial charge in [0.1, 0.15) is 17.7 Å². The number of carbonyl (C=O) groups excluding carboxylic acids is 1. The lowest BCUT2D eigenvalue weighted by molar-refractivity contribution is -0.141. The summed E-state index contributed by atoms with van der Waals surface area (Å²) in [5.74, 6) is 2.24. The minimum Gasteiger partial charge on any atom is -0.465 e. The van der Waals surface area contributed by atoms with Crippen molar-refractivity contribution in [3.05, 3.63) is 23.5 Å². The van der Waals surface area contributed by atoms with E-state index in [4.69, 9.17) is 14.0 Å². The third-order valence-corrected chi connectivity index (χ3v) is 3.69. The molecular weight excluding hydrogens is 314 g/mol. The largest absolute Gasteiger partial charge is 0.465 e. The number of ether oxygens (including phenoxy) is 2. The van der Waals surface area contributed by atoms with E-state index in [1.807, 2.05) is 0 Å². The molecule has 1 fully saturated rings. The quantitative estimate of drug-likeness (QED) is 0.840. The van der Waals surface area contributed by atoms with Crippen molar-refractivity contribution in [2.45, 2.75) is 32.8 Å². The summed E-state index contributed by atoms with van der Waals surface area (Å²) in [6.45, 7) is 5.12. The van der Waals surface area contributed by atoms with Crippen LogP contribution in [0.15, 0.2) is 10.6 Å². The van der Waals surface area contributed by atoms with Crippen LogP contribution in [0, 0.1) is 6.92 Å². The summed E-state index contributed by atoms with van der Waals surface area (Å²) >= 11 is 0. The number of aromatic nitrogens is 4. The van der Waals surface area contributed by atoms with E-state index < -0.39 is 0 Å². The molecule has 3 rings (SSSR count). The van der Waals surface area contributed by atoms with Gasteiger partial charge < -0.3 is 18.9 Å². The summed E-state index contributed by atoms with van der Waals surface area (Å²) in [6.07, 6.45) is 1.51. The van der Waals surface area contributed by atoms with E-state index in [0.717, 1.165) is 18.7 Å². The lowest BCUT2D eigenvalue weighted by Crippen LogP contribution is -2.44.